The number of nitrogens with zero attached hydrogens (tertiary/aromatic N) is 2. The van der Waals surface area contributed by atoms with Crippen LogP contribution < -0.4 is 4.90 Å². The maximum atomic E-state index is 11.7. The van der Waals surface area contributed by atoms with Crippen molar-refractivity contribution in [2.75, 3.05) is 11.4 Å². The topological polar surface area (TPSA) is 53.4 Å². The molecule has 1 saturated heterocycles. The van der Waals surface area contributed by atoms with E-state index in [4.69, 9.17) is 4.98 Å². The van der Waals surface area contributed by atoms with Gasteiger partial charge in [0.15, 0.2) is 0 Å². The Bertz CT molecular complexity index is 554. The highest BCUT2D eigenvalue weighted by molar-refractivity contribution is 5.93. The number of carboxylic acids is 1. The Balaban J connectivity index is 2.05. The number of aromatic carboxylic acids is 1. The largest absolute Gasteiger partial charge is 0.478 e. The Morgan fingerprint density at radius 2 is 2.10 bits per heavy atom. The lowest BCUT2D eigenvalue weighted by Gasteiger charge is -2.31. The summed E-state index contributed by atoms with van der Waals surface area (Å²) in [5, 5.41) is 9.59. The van der Waals surface area contributed by atoms with Crippen LogP contribution in [0, 0.1) is 5.92 Å². The van der Waals surface area contributed by atoms with Gasteiger partial charge in [-0.05, 0) is 56.1 Å². The Kier molecular flexibility index (Phi) is 3.87. The summed E-state index contributed by atoms with van der Waals surface area (Å²) in [5.41, 5.74) is 2.65. The van der Waals surface area contributed by atoms with Gasteiger partial charge < -0.3 is 10.0 Å². The summed E-state index contributed by atoms with van der Waals surface area (Å²) in [6, 6.07) is 2.30. The number of hydrogen-bond donors (Lipinski definition) is 1. The number of aromatic nitrogens is 1. The third-order valence-electron chi connectivity index (χ3n) is 4.85. The zero-order chi connectivity index (χ0) is 15.0. The summed E-state index contributed by atoms with van der Waals surface area (Å²) in [7, 11) is 0. The van der Waals surface area contributed by atoms with Crippen LogP contribution in [-0.2, 0) is 12.8 Å². The molecule has 0 aromatic carbocycles. The van der Waals surface area contributed by atoms with Gasteiger partial charge in [-0.3, -0.25) is 0 Å². The second-order valence-electron chi connectivity index (χ2n) is 6.62. The first-order valence-corrected chi connectivity index (χ1v) is 8.10. The number of rotatable bonds is 3. The van der Waals surface area contributed by atoms with Gasteiger partial charge in [0, 0.05) is 18.3 Å². The van der Waals surface area contributed by atoms with Crippen molar-refractivity contribution in [2.24, 2.45) is 5.92 Å². The van der Waals surface area contributed by atoms with Crippen molar-refractivity contribution in [3.05, 3.63) is 22.9 Å². The molecule has 1 N–H and O–H groups in total. The molecule has 1 fully saturated rings. The number of anilines is 1. The van der Waals surface area contributed by atoms with Gasteiger partial charge in [0.1, 0.15) is 11.4 Å². The highest BCUT2D eigenvalue weighted by Crippen LogP contribution is 2.33. The normalized spacial score (nSPS) is 21.7. The zero-order valence-corrected chi connectivity index (χ0v) is 12.9. The van der Waals surface area contributed by atoms with Gasteiger partial charge >= 0.3 is 5.97 Å². The fraction of sp³-hybridized carbons (Fsp3) is 0.647. The molecule has 1 aliphatic heterocycles. The van der Waals surface area contributed by atoms with Gasteiger partial charge in [0.2, 0.25) is 0 Å². The van der Waals surface area contributed by atoms with Crippen molar-refractivity contribution < 1.29 is 9.90 Å². The molecule has 4 nitrogen and oxygen atoms in total. The summed E-state index contributed by atoms with van der Waals surface area (Å²) < 4.78 is 0. The summed E-state index contributed by atoms with van der Waals surface area (Å²) >= 11 is 0. The van der Waals surface area contributed by atoms with Gasteiger partial charge in [-0.2, -0.15) is 0 Å². The number of fused-ring (bicyclic) bond motifs is 1. The van der Waals surface area contributed by atoms with Crippen LogP contribution in [0.1, 0.15) is 61.1 Å². The summed E-state index contributed by atoms with van der Waals surface area (Å²) in [4.78, 5) is 18.7. The first-order valence-electron chi connectivity index (χ1n) is 8.10. The minimum absolute atomic E-state index is 0.392. The van der Waals surface area contributed by atoms with E-state index in [9.17, 15) is 9.90 Å². The van der Waals surface area contributed by atoms with Gasteiger partial charge in [-0.25, -0.2) is 9.78 Å². The Labute approximate surface area is 126 Å². The molecule has 1 aliphatic carbocycles. The highest BCUT2D eigenvalue weighted by Gasteiger charge is 2.32. The van der Waals surface area contributed by atoms with Crippen LogP contribution in [0.4, 0.5) is 5.82 Å². The van der Waals surface area contributed by atoms with Gasteiger partial charge in [0.25, 0.3) is 0 Å². The van der Waals surface area contributed by atoms with E-state index < -0.39 is 5.97 Å². The van der Waals surface area contributed by atoms with Gasteiger partial charge in [0.05, 0.1) is 0 Å². The van der Waals surface area contributed by atoms with Crippen molar-refractivity contribution in [3.63, 3.8) is 0 Å². The number of aryl methyl sites for hydroxylation is 2. The van der Waals surface area contributed by atoms with Crippen molar-refractivity contribution in [1.82, 2.24) is 4.98 Å². The third-order valence-corrected chi connectivity index (χ3v) is 4.85. The molecular weight excluding hydrogens is 264 g/mol. The van der Waals surface area contributed by atoms with Crippen molar-refractivity contribution in [3.8, 4) is 0 Å². The van der Waals surface area contributed by atoms with E-state index >= 15 is 0 Å². The first kappa shape index (κ1) is 14.4. The second kappa shape index (κ2) is 5.66. The number of pyridine rings is 1. The van der Waals surface area contributed by atoms with Crippen molar-refractivity contribution in [1.29, 1.82) is 0 Å². The summed E-state index contributed by atoms with van der Waals surface area (Å²) in [6.45, 7) is 5.35. The quantitative estimate of drug-likeness (QED) is 0.927. The fourth-order valence-corrected chi connectivity index (χ4v) is 3.75. The molecular formula is C17H24N2O2. The lowest BCUT2D eigenvalue weighted by atomic mass is 9.94. The van der Waals surface area contributed by atoms with Crippen LogP contribution in [0.3, 0.4) is 0 Å². The molecule has 1 unspecified atom stereocenters. The lowest BCUT2D eigenvalue weighted by Crippen LogP contribution is -2.35. The van der Waals surface area contributed by atoms with Gasteiger partial charge in [-0.15, -0.1) is 0 Å². The van der Waals surface area contributed by atoms with E-state index in [-0.39, 0.29) is 0 Å². The Morgan fingerprint density at radius 3 is 2.81 bits per heavy atom. The molecule has 1 atom stereocenters. The van der Waals surface area contributed by atoms with Crippen molar-refractivity contribution in [2.45, 2.75) is 58.4 Å². The van der Waals surface area contributed by atoms with Crippen LogP contribution in [0.5, 0.6) is 0 Å². The predicted octanol–water partition coefficient (Wildman–Crippen LogP) is 3.28. The monoisotopic (exact) mass is 288 g/mol. The van der Waals surface area contributed by atoms with E-state index in [0.29, 0.717) is 23.3 Å². The smallest absolute Gasteiger partial charge is 0.339 e. The van der Waals surface area contributed by atoms with Crippen LogP contribution in [0.15, 0.2) is 6.07 Å². The maximum absolute atomic E-state index is 11.7. The lowest BCUT2D eigenvalue weighted by molar-refractivity contribution is 0.0697. The molecule has 3 rings (SSSR count). The number of carboxylic acid groups (broad SMARTS) is 1. The molecule has 2 heterocycles. The highest BCUT2D eigenvalue weighted by atomic mass is 16.4. The summed E-state index contributed by atoms with van der Waals surface area (Å²) in [5.74, 6) is 0.381. The molecule has 1 aromatic rings. The second-order valence-corrected chi connectivity index (χ2v) is 6.62. The molecule has 0 radical (unpaired) electrons. The molecule has 0 bridgehead atoms. The zero-order valence-electron chi connectivity index (χ0n) is 12.9. The van der Waals surface area contributed by atoms with E-state index in [1.54, 1.807) is 0 Å². The fourth-order valence-electron chi connectivity index (χ4n) is 3.75. The van der Waals surface area contributed by atoms with Crippen LogP contribution >= 0.6 is 0 Å². The van der Waals surface area contributed by atoms with E-state index in [0.717, 1.165) is 49.9 Å². The predicted molar refractivity (Wildman–Crippen MR) is 83.0 cm³/mol. The molecule has 0 spiro atoms. The first-order chi connectivity index (χ1) is 10.1. The van der Waals surface area contributed by atoms with E-state index in [1.165, 1.54) is 6.42 Å². The molecule has 1 aromatic heterocycles. The summed E-state index contributed by atoms with van der Waals surface area (Å²) in [6.07, 6.45) is 6.53. The molecule has 21 heavy (non-hydrogen) atoms. The third kappa shape index (κ3) is 2.63. The SMILES string of the molecule is CC(C)C1CCCN1c1nc2c(cc1C(=O)O)CCCC2. The van der Waals surface area contributed by atoms with Gasteiger partial charge in [-0.1, -0.05) is 13.8 Å². The standard InChI is InChI=1S/C17H24N2O2/c1-11(2)15-8-5-9-19(15)16-13(17(20)21)10-12-6-3-4-7-14(12)18-16/h10-11,15H,3-9H2,1-2H3,(H,20,21). The van der Waals surface area contributed by atoms with Crippen LogP contribution in [0.25, 0.3) is 0 Å². The molecule has 0 saturated carbocycles. The molecule has 0 amide bonds. The van der Waals surface area contributed by atoms with Crippen LogP contribution in [0.2, 0.25) is 0 Å². The molecule has 4 heteroatoms. The van der Waals surface area contributed by atoms with Crippen LogP contribution in [-0.4, -0.2) is 28.6 Å². The molecule has 2 aliphatic rings. The van der Waals surface area contributed by atoms with E-state index in [2.05, 4.69) is 18.7 Å². The Morgan fingerprint density at radius 1 is 1.33 bits per heavy atom. The van der Waals surface area contributed by atoms with E-state index in [1.807, 2.05) is 6.07 Å². The number of hydrogen-bond acceptors (Lipinski definition) is 3. The average molecular weight is 288 g/mol. The Hall–Kier alpha value is -1.58. The average Bonchev–Trinajstić information content (AvgIpc) is 2.95. The minimum Gasteiger partial charge on any atom is -0.478 e. The molecule has 114 valence electrons. The number of carbonyl (C=O) groups is 1. The maximum Gasteiger partial charge on any atom is 0.339 e. The van der Waals surface area contributed by atoms with Crippen molar-refractivity contribution >= 4 is 11.8 Å². The minimum atomic E-state index is -0.847.